The van der Waals surface area contributed by atoms with Gasteiger partial charge < -0.3 is 10.6 Å². The van der Waals surface area contributed by atoms with Crippen LogP contribution in [0.15, 0.2) is 46.7 Å². The van der Waals surface area contributed by atoms with Crippen molar-refractivity contribution in [2.75, 3.05) is 25.0 Å². The average molecular weight is 450 g/mol. The van der Waals surface area contributed by atoms with Gasteiger partial charge in [-0.2, -0.15) is 4.31 Å². The van der Waals surface area contributed by atoms with Crippen LogP contribution >= 0.6 is 11.3 Å². The number of piperidine rings is 1. The predicted octanol–water partition coefficient (Wildman–Crippen LogP) is 2.86. The van der Waals surface area contributed by atoms with E-state index in [0.717, 1.165) is 6.42 Å². The molecule has 0 bridgehead atoms. The number of benzene rings is 1. The Hall–Kier alpha value is -2.23. The lowest BCUT2D eigenvalue weighted by atomic mass is 9.94. The van der Waals surface area contributed by atoms with Gasteiger partial charge in [0.25, 0.3) is 0 Å². The SMILES string of the molecule is CC(=O)Nc1ccc(S(=O)(=O)N2CCC(CC(=O)NCCc3cccs3)CC2)cc1. The van der Waals surface area contributed by atoms with E-state index < -0.39 is 10.0 Å². The minimum Gasteiger partial charge on any atom is -0.356 e. The molecule has 0 unspecified atom stereocenters. The van der Waals surface area contributed by atoms with E-state index >= 15 is 0 Å². The van der Waals surface area contributed by atoms with Crippen molar-refractivity contribution in [3.63, 3.8) is 0 Å². The lowest BCUT2D eigenvalue weighted by Gasteiger charge is -2.31. The molecule has 2 heterocycles. The largest absolute Gasteiger partial charge is 0.356 e. The van der Waals surface area contributed by atoms with E-state index in [1.165, 1.54) is 28.2 Å². The molecule has 0 atom stereocenters. The molecule has 1 aromatic carbocycles. The lowest BCUT2D eigenvalue weighted by molar-refractivity contribution is -0.122. The van der Waals surface area contributed by atoms with Crippen LogP contribution in [0.5, 0.6) is 0 Å². The summed E-state index contributed by atoms with van der Waals surface area (Å²) in [6.45, 7) is 2.84. The molecule has 0 saturated carbocycles. The number of rotatable bonds is 8. The quantitative estimate of drug-likeness (QED) is 0.648. The number of thiophene rings is 1. The van der Waals surface area contributed by atoms with Crippen LogP contribution in [0.25, 0.3) is 0 Å². The summed E-state index contributed by atoms with van der Waals surface area (Å²) in [5.41, 5.74) is 0.560. The number of nitrogens with zero attached hydrogens (tertiary/aromatic N) is 1. The van der Waals surface area contributed by atoms with Gasteiger partial charge in [0.15, 0.2) is 0 Å². The van der Waals surface area contributed by atoms with Gasteiger partial charge in [-0.3, -0.25) is 9.59 Å². The van der Waals surface area contributed by atoms with E-state index in [1.54, 1.807) is 23.5 Å². The standard InChI is InChI=1S/C21H27N3O4S2/c1-16(25)23-18-4-6-20(7-5-18)30(27,28)24-12-9-17(10-13-24)15-21(26)22-11-8-19-3-2-14-29-19/h2-7,14,17H,8-13,15H2,1H3,(H,22,26)(H,23,25). The summed E-state index contributed by atoms with van der Waals surface area (Å²) < 4.78 is 27.2. The molecular formula is C21H27N3O4S2. The fourth-order valence-electron chi connectivity index (χ4n) is 3.53. The number of anilines is 1. The van der Waals surface area contributed by atoms with E-state index in [4.69, 9.17) is 0 Å². The first kappa shape index (κ1) is 22.5. The highest BCUT2D eigenvalue weighted by molar-refractivity contribution is 7.89. The fraction of sp³-hybridized carbons (Fsp3) is 0.429. The molecule has 1 aliphatic rings. The lowest BCUT2D eigenvalue weighted by Crippen LogP contribution is -2.39. The zero-order valence-electron chi connectivity index (χ0n) is 17.0. The Bertz CT molecular complexity index is 949. The Kier molecular flexibility index (Phi) is 7.63. The van der Waals surface area contributed by atoms with Crippen molar-refractivity contribution in [2.24, 2.45) is 5.92 Å². The third-order valence-electron chi connectivity index (χ3n) is 5.13. The van der Waals surface area contributed by atoms with Crippen LogP contribution in [0.1, 0.15) is 31.1 Å². The molecular weight excluding hydrogens is 422 g/mol. The molecule has 162 valence electrons. The zero-order valence-corrected chi connectivity index (χ0v) is 18.6. The van der Waals surface area contributed by atoms with Crippen molar-refractivity contribution in [3.8, 4) is 0 Å². The number of carbonyl (C=O) groups is 2. The molecule has 30 heavy (non-hydrogen) atoms. The molecule has 1 aliphatic heterocycles. The number of hydrogen-bond acceptors (Lipinski definition) is 5. The number of amides is 2. The molecule has 0 aliphatic carbocycles. The molecule has 3 rings (SSSR count). The van der Waals surface area contributed by atoms with Crippen molar-refractivity contribution < 1.29 is 18.0 Å². The first-order valence-electron chi connectivity index (χ1n) is 10.0. The third-order valence-corrected chi connectivity index (χ3v) is 7.98. The maximum atomic E-state index is 12.9. The topological polar surface area (TPSA) is 95.6 Å². The second-order valence-electron chi connectivity index (χ2n) is 7.44. The van der Waals surface area contributed by atoms with Gasteiger partial charge in [0.2, 0.25) is 21.8 Å². The van der Waals surface area contributed by atoms with Gasteiger partial charge in [0.1, 0.15) is 0 Å². The molecule has 2 N–H and O–H groups in total. The smallest absolute Gasteiger partial charge is 0.243 e. The maximum absolute atomic E-state index is 12.9. The van der Waals surface area contributed by atoms with Gasteiger partial charge in [-0.05, 0) is 60.9 Å². The Labute approximate surface area is 181 Å². The Morgan fingerprint density at radius 3 is 2.43 bits per heavy atom. The summed E-state index contributed by atoms with van der Waals surface area (Å²) in [6.07, 6.45) is 2.60. The van der Waals surface area contributed by atoms with Crippen LogP contribution in [-0.4, -0.2) is 44.2 Å². The van der Waals surface area contributed by atoms with Crippen LogP contribution in [-0.2, 0) is 26.0 Å². The summed E-state index contributed by atoms with van der Waals surface area (Å²) in [4.78, 5) is 24.7. The van der Waals surface area contributed by atoms with E-state index in [1.807, 2.05) is 11.4 Å². The Balaban J connectivity index is 1.45. The summed E-state index contributed by atoms with van der Waals surface area (Å²) in [6, 6.07) is 10.2. The highest BCUT2D eigenvalue weighted by Crippen LogP contribution is 2.26. The number of carbonyl (C=O) groups excluding carboxylic acids is 2. The van der Waals surface area contributed by atoms with Gasteiger partial charge in [-0.1, -0.05) is 6.07 Å². The van der Waals surface area contributed by atoms with E-state index in [-0.39, 0.29) is 22.6 Å². The van der Waals surface area contributed by atoms with Crippen LogP contribution in [0, 0.1) is 5.92 Å². The summed E-state index contributed by atoms with van der Waals surface area (Å²) in [5.74, 6) is 0.0185. The third kappa shape index (κ3) is 6.13. The number of sulfonamides is 1. The van der Waals surface area contributed by atoms with E-state index in [9.17, 15) is 18.0 Å². The first-order valence-corrected chi connectivity index (χ1v) is 12.3. The zero-order chi connectivity index (χ0) is 21.6. The Morgan fingerprint density at radius 2 is 1.83 bits per heavy atom. The van der Waals surface area contributed by atoms with Crippen LogP contribution in [0.2, 0.25) is 0 Å². The van der Waals surface area contributed by atoms with Gasteiger partial charge in [-0.25, -0.2) is 8.42 Å². The van der Waals surface area contributed by atoms with E-state index in [2.05, 4.69) is 16.7 Å². The molecule has 2 aromatic rings. The maximum Gasteiger partial charge on any atom is 0.243 e. The van der Waals surface area contributed by atoms with Crippen molar-refractivity contribution >= 4 is 38.9 Å². The molecule has 1 fully saturated rings. The molecule has 1 saturated heterocycles. The van der Waals surface area contributed by atoms with Crippen molar-refractivity contribution in [1.82, 2.24) is 9.62 Å². The molecule has 0 radical (unpaired) electrons. The highest BCUT2D eigenvalue weighted by Gasteiger charge is 2.30. The number of hydrogen-bond donors (Lipinski definition) is 2. The minimum atomic E-state index is -3.58. The van der Waals surface area contributed by atoms with Crippen molar-refractivity contribution in [1.29, 1.82) is 0 Å². The van der Waals surface area contributed by atoms with Gasteiger partial charge in [0, 0.05) is 43.5 Å². The Morgan fingerprint density at radius 1 is 1.13 bits per heavy atom. The molecule has 0 spiro atoms. The summed E-state index contributed by atoms with van der Waals surface area (Å²) in [5, 5.41) is 7.61. The first-order chi connectivity index (χ1) is 14.3. The molecule has 7 nitrogen and oxygen atoms in total. The fourth-order valence-corrected chi connectivity index (χ4v) is 5.71. The number of nitrogens with one attached hydrogen (secondary N) is 2. The minimum absolute atomic E-state index is 0.0291. The average Bonchev–Trinajstić information content (AvgIpc) is 3.22. The van der Waals surface area contributed by atoms with Gasteiger partial charge in [0.05, 0.1) is 4.90 Å². The van der Waals surface area contributed by atoms with Crippen molar-refractivity contribution in [2.45, 2.75) is 37.5 Å². The van der Waals surface area contributed by atoms with Crippen LogP contribution in [0.4, 0.5) is 5.69 Å². The highest BCUT2D eigenvalue weighted by atomic mass is 32.2. The molecule has 9 heteroatoms. The van der Waals surface area contributed by atoms with E-state index in [0.29, 0.717) is 44.6 Å². The van der Waals surface area contributed by atoms with Crippen LogP contribution in [0.3, 0.4) is 0 Å². The second kappa shape index (κ2) is 10.2. The van der Waals surface area contributed by atoms with Crippen molar-refractivity contribution in [3.05, 3.63) is 46.7 Å². The van der Waals surface area contributed by atoms with Crippen LogP contribution < -0.4 is 10.6 Å². The monoisotopic (exact) mass is 449 g/mol. The van der Waals surface area contributed by atoms with Gasteiger partial charge in [-0.15, -0.1) is 11.3 Å². The molecule has 2 amide bonds. The molecule has 1 aromatic heterocycles. The normalized spacial score (nSPS) is 15.6. The second-order valence-corrected chi connectivity index (χ2v) is 10.4. The summed E-state index contributed by atoms with van der Waals surface area (Å²) >= 11 is 1.68. The predicted molar refractivity (Wildman–Crippen MR) is 118 cm³/mol. The van der Waals surface area contributed by atoms with Gasteiger partial charge >= 0.3 is 0 Å². The summed E-state index contributed by atoms with van der Waals surface area (Å²) in [7, 11) is -3.58.